The zero-order chi connectivity index (χ0) is 16.7. The van der Waals surface area contributed by atoms with Crippen molar-refractivity contribution in [2.24, 2.45) is 0 Å². The molecule has 6 heteroatoms. The predicted octanol–water partition coefficient (Wildman–Crippen LogP) is 2.28. The summed E-state index contributed by atoms with van der Waals surface area (Å²) in [5.74, 6) is 0.0492. The SMILES string of the molecule is CCCCCNC(=O)c1nc(C(=O)NCCC)n2c1CCCC2. The number of hydrogen-bond acceptors (Lipinski definition) is 3. The average molecular weight is 320 g/mol. The third-order valence-corrected chi connectivity index (χ3v) is 4.14. The van der Waals surface area contributed by atoms with Crippen LogP contribution in [0.3, 0.4) is 0 Å². The molecule has 0 fully saturated rings. The minimum atomic E-state index is -0.181. The number of amides is 2. The van der Waals surface area contributed by atoms with Crippen LogP contribution in [-0.2, 0) is 13.0 Å². The van der Waals surface area contributed by atoms with Crippen molar-refractivity contribution < 1.29 is 9.59 Å². The molecule has 1 aliphatic rings. The van der Waals surface area contributed by atoms with E-state index in [0.29, 0.717) is 24.6 Å². The third kappa shape index (κ3) is 4.33. The van der Waals surface area contributed by atoms with E-state index in [1.807, 2.05) is 11.5 Å². The molecule has 128 valence electrons. The lowest BCUT2D eigenvalue weighted by atomic mass is 10.1. The lowest BCUT2D eigenvalue weighted by Gasteiger charge is -2.17. The molecular weight excluding hydrogens is 292 g/mol. The fourth-order valence-corrected chi connectivity index (χ4v) is 2.88. The van der Waals surface area contributed by atoms with Crippen LogP contribution in [0, 0.1) is 0 Å². The summed E-state index contributed by atoms with van der Waals surface area (Å²) < 4.78 is 1.93. The molecule has 0 aromatic carbocycles. The second-order valence-electron chi connectivity index (χ2n) is 6.06. The first-order valence-electron chi connectivity index (χ1n) is 8.84. The first-order chi connectivity index (χ1) is 11.2. The molecule has 2 heterocycles. The summed E-state index contributed by atoms with van der Waals surface area (Å²) in [4.78, 5) is 29.1. The van der Waals surface area contributed by atoms with E-state index in [0.717, 1.165) is 57.2 Å². The van der Waals surface area contributed by atoms with Crippen LogP contribution < -0.4 is 10.6 Å². The summed E-state index contributed by atoms with van der Waals surface area (Å²) in [6, 6.07) is 0. The number of hydrogen-bond donors (Lipinski definition) is 2. The van der Waals surface area contributed by atoms with Gasteiger partial charge in [-0.3, -0.25) is 9.59 Å². The molecule has 0 atom stereocenters. The summed E-state index contributed by atoms with van der Waals surface area (Å²) in [5, 5.41) is 5.79. The highest BCUT2D eigenvalue weighted by atomic mass is 16.2. The quantitative estimate of drug-likeness (QED) is 0.722. The van der Waals surface area contributed by atoms with Crippen molar-refractivity contribution in [3.8, 4) is 0 Å². The van der Waals surface area contributed by atoms with Gasteiger partial charge < -0.3 is 15.2 Å². The first-order valence-corrected chi connectivity index (χ1v) is 8.84. The molecule has 1 aromatic heterocycles. The number of imidazole rings is 1. The molecule has 0 bridgehead atoms. The topological polar surface area (TPSA) is 76.0 Å². The smallest absolute Gasteiger partial charge is 0.287 e. The van der Waals surface area contributed by atoms with Crippen LogP contribution in [0.25, 0.3) is 0 Å². The van der Waals surface area contributed by atoms with Crippen LogP contribution in [-0.4, -0.2) is 34.5 Å². The Morgan fingerprint density at radius 2 is 1.83 bits per heavy atom. The second-order valence-corrected chi connectivity index (χ2v) is 6.06. The molecule has 0 saturated carbocycles. The molecule has 0 saturated heterocycles. The van der Waals surface area contributed by atoms with Crippen molar-refractivity contribution in [1.82, 2.24) is 20.2 Å². The van der Waals surface area contributed by atoms with E-state index < -0.39 is 0 Å². The van der Waals surface area contributed by atoms with Gasteiger partial charge in [-0.15, -0.1) is 0 Å². The molecule has 1 aromatic rings. The maximum absolute atomic E-state index is 12.4. The van der Waals surface area contributed by atoms with Gasteiger partial charge in [-0.05, 0) is 32.1 Å². The largest absolute Gasteiger partial charge is 0.351 e. The van der Waals surface area contributed by atoms with Crippen LogP contribution in [0.2, 0.25) is 0 Å². The van der Waals surface area contributed by atoms with Crippen molar-refractivity contribution in [2.75, 3.05) is 13.1 Å². The lowest BCUT2D eigenvalue weighted by Crippen LogP contribution is -2.28. The van der Waals surface area contributed by atoms with Gasteiger partial charge in [-0.2, -0.15) is 0 Å². The van der Waals surface area contributed by atoms with Gasteiger partial charge in [-0.25, -0.2) is 4.98 Å². The van der Waals surface area contributed by atoms with Crippen LogP contribution in [0.4, 0.5) is 0 Å². The Labute approximate surface area is 138 Å². The third-order valence-electron chi connectivity index (χ3n) is 4.14. The summed E-state index contributed by atoms with van der Waals surface area (Å²) in [7, 11) is 0. The van der Waals surface area contributed by atoms with Crippen LogP contribution >= 0.6 is 0 Å². The minimum Gasteiger partial charge on any atom is -0.351 e. The fraction of sp³-hybridized carbons (Fsp3) is 0.706. The Morgan fingerprint density at radius 1 is 1.04 bits per heavy atom. The van der Waals surface area contributed by atoms with Gasteiger partial charge in [0.2, 0.25) is 0 Å². The van der Waals surface area contributed by atoms with E-state index in [4.69, 9.17) is 0 Å². The molecule has 6 nitrogen and oxygen atoms in total. The number of carbonyl (C=O) groups is 2. The van der Waals surface area contributed by atoms with Gasteiger partial charge in [0.1, 0.15) is 5.69 Å². The van der Waals surface area contributed by atoms with Crippen LogP contribution in [0.5, 0.6) is 0 Å². The van der Waals surface area contributed by atoms with Crippen molar-refractivity contribution in [3.05, 3.63) is 17.2 Å². The zero-order valence-electron chi connectivity index (χ0n) is 14.3. The van der Waals surface area contributed by atoms with Gasteiger partial charge in [0.25, 0.3) is 11.8 Å². The van der Waals surface area contributed by atoms with Crippen molar-refractivity contribution in [3.63, 3.8) is 0 Å². The monoisotopic (exact) mass is 320 g/mol. The van der Waals surface area contributed by atoms with E-state index in [-0.39, 0.29) is 11.8 Å². The number of fused-ring (bicyclic) bond motifs is 1. The Balaban J connectivity index is 2.14. The Bertz CT molecular complexity index is 551. The highest BCUT2D eigenvalue weighted by Crippen LogP contribution is 2.21. The maximum atomic E-state index is 12.4. The van der Waals surface area contributed by atoms with Gasteiger partial charge in [0, 0.05) is 19.6 Å². The highest BCUT2D eigenvalue weighted by Gasteiger charge is 2.27. The standard InChI is InChI=1S/C17H28N4O2/c1-3-5-7-11-19-16(22)14-13-9-6-8-12-21(13)15(20-14)17(23)18-10-4-2/h3-12H2,1-2H3,(H,18,23)(H,19,22). The van der Waals surface area contributed by atoms with Crippen LogP contribution in [0.15, 0.2) is 0 Å². The van der Waals surface area contributed by atoms with E-state index in [1.54, 1.807) is 0 Å². The van der Waals surface area contributed by atoms with Gasteiger partial charge in [0.05, 0.1) is 5.69 Å². The van der Waals surface area contributed by atoms with E-state index in [9.17, 15) is 9.59 Å². The van der Waals surface area contributed by atoms with Crippen molar-refractivity contribution in [1.29, 1.82) is 0 Å². The van der Waals surface area contributed by atoms with Crippen molar-refractivity contribution in [2.45, 2.75) is 65.3 Å². The van der Waals surface area contributed by atoms with Gasteiger partial charge in [0.15, 0.2) is 5.82 Å². The van der Waals surface area contributed by atoms with E-state index in [1.165, 1.54) is 0 Å². The fourth-order valence-electron chi connectivity index (χ4n) is 2.88. The predicted molar refractivity (Wildman–Crippen MR) is 89.6 cm³/mol. The Hall–Kier alpha value is -1.85. The Kier molecular flexibility index (Phi) is 6.62. The molecule has 23 heavy (non-hydrogen) atoms. The minimum absolute atomic E-state index is 0.152. The average Bonchev–Trinajstić information content (AvgIpc) is 2.96. The molecule has 2 N–H and O–H groups in total. The zero-order valence-corrected chi connectivity index (χ0v) is 14.3. The molecule has 0 radical (unpaired) electrons. The molecule has 0 spiro atoms. The summed E-state index contributed by atoms with van der Waals surface area (Å²) in [5.41, 5.74) is 1.34. The molecule has 0 aliphatic carbocycles. The van der Waals surface area contributed by atoms with Crippen LogP contribution in [0.1, 0.15) is 79.2 Å². The second kappa shape index (κ2) is 8.70. The summed E-state index contributed by atoms with van der Waals surface area (Å²) >= 11 is 0. The van der Waals surface area contributed by atoms with Crippen molar-refractivity contribution >= 4 is 11.8 Å². The number of carbonyl (C=O) groups excluding carboxylic acids is 2. The Morgan fingerprint density at radius 3 is 2.57 bits per heavy atom. The van der Waals surface area contributed by atoms with Gasteiger partial charge >= 0.3 is 0 Å². The normalized spacial score (nSPS) is 13.5. The number of aromatic nitrogens is 2. The number of nitrogens with one attached hydrogen (secondary N) is 2. The molecule has 1 aliphatic heterocycles. The van der Waals surface area contributed by atoms with E-state index in [2.05, 4.69) is 22.5 Å². The summed E-state index contributed by atoms with van der Waals surface area (Å²) in [6.45, 7) is 6.20. The molecule has 0 unspecified atom stereocenters. The first kappa shape index (κ1) is 17.5. The molecule has 2 amide bonds. The number of nitrogens with zero attached hydrogens (tertiary/aromatic N) is 2. The lowest BCUT2D eigenvalue weighted by molar-refractivity contribution is 0.0937. The molecular formula is C17H28N4O2. The summed E-state index contributed by atoms with van der Waals surface area (Å²) in [6.07, 6.45) is 6.95. The van der Waals surface area contributed by atoms with E-state index >= 15 is 0 Å². The van der Waals surface area contributed by atoms with Gasteiger partial charge in [-0.1, -0.05) is 26.7 Å². The maximum Gasteiger partial charge on any atom is 0.287 e. The highest BCUT2D eigenvalue weighted by molar-refractivity contribution is 5.97. The number of unbranched alkanes of at least 4 members (excludes halogenated alkanes) is 2. The number of rotatable bonds is 8. The molecule has 2 rings (SSSR count).